The lowest BCUT2D eigenvalue weighted by Gasteiger charge is -2.12. The molecule has 0 bridgehead atoms. The number of rotatable bonds is 5. The van der Waals surface area contributed by atoms with Crippen LogP contribution in [-0.4, -0.2) is 38.5 Å². The van der Waals surface area contributed by atoms with Crippen molar-refractivity contribution in [1.29, 1.82) is 0 Å². The second kappa shape index (κ2) is 10.4. The summed E-state index contributed by atoms with van der Waals surface area (Å²) in [6.07, 6.45) is -1.71. The minimum atomic E-state index is -5.08. The van der Waals surface area contributed by atoms with E-state index in [-0.39, 0.29) is 0 Å². The van der Waals surface area contributed by atoms with E-state index < -0.39 is 23.1 Å². The van der Waals surface area contributed by atoms with Crippen LogP contribution in [0.15, 0.2) is 41.6 Å². The monoisotopic (exact) mass is 488 g/mol. The average molecular weight is 489 g/mol. The highest BCUT2D eigenvalue weighted by Crippen LogP contribution is 2.35. The van der Waals surface area contributed by atoms with E-state index in [2.05, 4.69) is 14.7 Å². The number of carboxylic acid groups (broad SMARTS) is 1. The number of pyridine rings is 1. The van der Waals surface area contributed by atoms with E-state index >= 15 is 0 Å². The molecule has 0 amide bonds. The van der Waals surface area contributed by atoms with Crippen molar-refractivity contribution in [3.05, 3.63) is 47.9 Å². The minimum absolute atomic E-state index is 0.509. The Morgan fingerprint density at radius 1 is 1.25 bits per heavy atom. The number of ether oxygens (including phenoxy) is 1. The Hall–Kier alpha value is -3.19. The highest BCUT2D eigenvalue weighted by molar-refractivity contribution is 7.86. The van der Waals surface area contributed by atoms with Crippen molar-refractivity contribution >= 4 is 39.1 Å². The first kappa shape index (κ1) is 25.1. The van der Waals surface area contributed by atoms with Crippen LogP contribution in [0, 0.1) is 13.8 Å². The molecule has 2 aromatic heterocycles. The van der Waals surface area contributed by atoms with Crippen LogP contribution in [0.25, 0.3) is 10.4 Å². The van der Waals surface area contributed by atoms with Gasteiger partial charge in [-0.1, -0.05) is 11.3 Å². The summed E-state index contributed by atoms with van der Waals surface area (Å²) >= 11 is 1.40. The standard InChI is InChI=1S/C17H18N4O2S2.C2HF3O2/c1-10-6-13(9-19-8-10)21-25(22)15-7-12(4-5-14(15)23-3)16-11(2)20-17(18)24-16;3-2(4,5)1(6)7/h4-9,21H,1-3H3,(H2,18,20);(H,6,7). The highest BCUT2D eigenvalue weighted by Gasteiger charge is 2.38. The van der Waals surface area contributed by atoms with Crippen molar-refractivity contribution < 1.29 is 32.0 Å². The number of nitrogens with zero attached hydrogens (tertiary/aromatic N) is 2. The first-order valence-corrected chi connectivity index (χ1v) is 10.7. The van der Waals surface area contributed by atoms with E-state index in [4.69, 9.17) is 20.4 Å². The fraction of sp³-hybridized carbons (Fsp3) is 0.211. The van der Waals surface area contributed by atoms with Gasteiger partial charge in [-0.3, -0.25) is 9.71 Å². The Morgan fingerprint density at radius 3 is 2.41 bits per heavy atom. The van der Waals surface area contributed by atoms with Crippen molar-refractivity contribution in [2.24, 2.45) is 0 Å². The third-order valence-electron chi connectivity index (χ3n) is 3.77. The van der Waals surface area contributed by atoms with Crippen LogP contribution in [0.4, 0.5) is 24.0 Å². The molecule has 0 aliphatic heterocycles. The van der Waals surface area contributed by atoms with Crippen molar-refractivity contribution in [2.75, 3.05) is 17.6 Å². The summed E-state index contributed by atoms with van der Waals surface area (Å²) in [4.78, 5) is 18.8. The number of thiazole rings is 1. The Labute approximate surface area is 187 Å². The third kappa shape index (κ3) is 6.65. The fourth-order valence-electron chi connectivity index (χ4n) is 2.42. The summed E-state index contributed by atoms with van der Waals surface area (Å²) in [6, 6.07) is 7.43. The van der Waals surface area contributed by atoms with Crippen LogP contribution in [0.2, 0.25) is 0 Å². The number of aromatic nitrogens is 2. The number of hydrogen-bond donors (Lipinski definition) is 3. The van der Waals surface area contributed by atoms with Gasteiger partial charge in [0.1, 0.15) is 10.6 Å². The second-order valence-corrected chi connectivity index (χ2v) is 8.47. The summed E-state index contributed by atoms with van der Waals surface area (Å²) < 4.78 is 52.9. The SMILES string of the molecule is COc1ccc(-c2sc(N)nc2C)cc1S(=O)Nc1cncc(C)c1.O=C(O)C(F)(F)F. The van der Waals surface area contributed by atoms with E-state index in [9.17, 15) is 17.4 Å². The lowest BCUT2D eigenvalue weighted by atomic mass is 10.1. The zero-order chi connectivity index (χ0) is 24.1. The van der Waals surface area contributed by atoms with Gasteiger partial charge in [-0.05, 0) is 49.2 Å². The van der Waals surface area contributed by atoms with Gasteiger partial charge >= 0.3 is 12.1 Å². The van der Waals surface area contributed by atoms with Crippen molar-refractivity contribution in [2.45, 2.75) is 24.9 Å². The molecule has 2 heterocycles. The van der Waals surface area contributed by atoms with Crippen LogP contribution >= 0.6 is 11.3 Å². The average Bonchev–Trinajstić information content (AvgIpc) is 3.05. The Bertz CT molecular complexity index is 1140. The molecule has 8 nitrogen and oxygen atoms in total. The smallest absolute Gasteiger partial charge is 0.490 e. The molecule has 0 aliphatic rings. The number of carboxylic acids is 1. The lowest BCUT2D eigenvalue weighted by Crippen LogP contribution is -2.21. The van der Waals surface area contributed by atoms with Gasteiger partial charge in [0.05, 0.1) is 29.6 Å². The largest absolute Gasteiger partial charge is 0.495 e. The number of carbonyl (C=O) groups is 1. The molecule has 0 saturated heterocycles. The predicted octanol–water partition coefficient (Wildman–Crippen LogP) is 4.18. The molecule has 172 valence electrons. The molecule has 3 rings (SSSR count). The number of nitrogens with one attached hydrogen (secondary N) is 1. The predicted molar refractivity (Wildman–Crippen MR) is 116 cm³/mol. The number of anilines is 2. The van der Waals surface area contributed by atoms with Crippen LogP contribution in [0.1, 0.15) is 11.3 Å². The van der Waals surface area contributed by atoms with Gasteiger partial charge in [-0.25, -0.2) is 14.0 Å². The van der Waals surface area contributed by atoms with Gasteiger partial charge in [0.25, 0.3) is 0 Å². The molecule has 0 spiro atoms. The fourth-order valence-corrected chi connectivity index (χ4v) is 4.25. The zero-order valence-electron chi connectivity index (χ0n) is 17.1. The quantitative estimate of drug-likeness (QED) is 0.492. The molecule has 0 aliphatic carbocycles. The first-order chi connectivity index (χ1) is 14.9. The Balaban J connectivity index is 0.000000451. The van der Waals surface area contributed by atoms with Gasteiger partial charge in [0, 0.05) is 6.20 Å². The van der Waals surface area contributed by atoms with Gasteiger partial charge in [0.15, 0.2) is 16.1 Å². The normalized spacial score (nSPS) is 11.8. The topological polar surface area (TPSA) is 127 Å². The van der Waals surface area contributed by atoms with Crippen molar-refractivity contribution in [3.63, 3.8) is 0 Å². The molecule has 13 heteroatoms. The number of aliphatic carboxylic acids is 1. The van der Waals surface area contributed by atoms with Gasteiger partial charge in [0.2, 0.25) is 0 Å². The van der Waals surface area contributed by atoms with Crippen LogP contribution < -0.4 is 15.2 Å². The van der Waals surface area contributed by atoms with Crippen molar-refractivity contribution in [1.82, 2.24) is 9.97 Å². The highest BCUT2D eigenvalue weighted by atomic mass is 32.2. The summed E-state index contributed by atoms with van der Waals surface area (Å²) in [7, 11) is 0.0554. The second-order valence-electron chi connectivity index (χ2n) is 6.26. The summed E-state index contributed by atoms with van der Waals surface area (Å²) in [5, 5.41) is 7.63. The number of hydrogen-bond acceptors (Lipinski definition) is 7. The summed E-state index contributed by atoms with van der Waals surface area (Å²) in [5.41, 5.74) is 9.21. The maximum absolute atomic E-state index is 12.8. The van der Waals surface area contributed by atoms with Crippen LogP contribution in [0.3, 0.4) is 0 Å². The van der Waals surface area contributed by atoms with Crippen LogP contribution in [0.5, 0.6) is 5.75 Å². The molecule has 0 fully saturated rings. The molecule has 0 radical (unpaired) electrons. The van der Waals surface area contributed by atoms with E-state index in [1.165, 1.54) is 11.3 Å². The van der Waals surface area contributed by atoms with E-state index in [0.29, 0.717) is 21.5 Å². The number of methoxy groups -OCH3 is 1. The summed E-state index contributed by atoms with van der Waals surface area (Å²) in [5.74, 6) is -2.21. The zero-order valence-corrected chi connectivity index (χ0v) is 18.7. The number of nitrogen functional groups attached to an aromatic ring is 1. The van der Waals surface area contributed by atoms with E-state index in [1.807, 2.05) is 32.0 Å². The van der Waals surface area contributed by atoms with E-state index in [0.717, 1.165) is 21.7 Å². The molecule has 0 saturated carbocycles. The molecule has 1 unspecified atom stereocenters. The molecule has 32 heavy (non-hydrogen) atoms. The van der Waals surface area contributed by atoms with Crippen LogP contribution in [-0.2, 0) is 15.8 Å². The third-order valence-corrected chi connectivity index (χ3v) is 5.94. The molecule has 4 N–H and O–H groups in total. The van der Waals surface area contributed by atoms with Gasteiger partial charge in [-0.2, -0.15) is 13.2 Å². The van der Waals surface area contributed by atoms with E-state index in [1.54, 1.807) is 25.6 Å². The Kier molecular flexibility index (Phi) is 8.16. The molecule has 1 atom stereocenters. The minimum Gasteiger partial charge on any atom is -0.495 e. The molecular formula is C19H19F3N4O4S2. The van der Waals surface area contributed by atoms with Gasteiger partial charge in [-0.15, -0.1) is 0 Å². The molecule has 1 aromatic carbocycles. The Morgan fingerprint density at radius 2 is 1.91 bits per heavy atom. The number of halogens is 3. The number of nitrogens with two attached hydrogens (primary N) is 1. The number of benzene rings is 1. The van der Waals surface area contributed by atoms with Gasteiger partial charge < -0.3 is 15.6 Å². The maximum Gasteiger partial charge on any atom is 0.490 e. The summed E-state index contributed by atoms with van der Waals surface area (Å²) in [6.45, 7) is 3.83. The lowest BCUT2D eigenvalue weighted by molar-refractivity contribution is -0.192. The number of aryl methyl sites for hydroxylation is 2. The molecule has 3 aromatic rings. The first-order valence-electron chi connectivity index (χ1n) is 8.74. The number of alkyl halides is 3. The maximum atomic E-state index is 12.8. The molecular weight excluding hydrogens is 469 g/mol. The van der Waals surface area contributed by atoms with Crippen molar-refractivity contribution in [3.8, 4) is 16.2 Å².